The molecule has 3 rings (SSSR count). The van der Waals surface area contributed by atoms with Crippen LogP contribution in [-0.4, -0.2) is 13.4 Å². The number of nitrogens with two attached hydrogens (primary N) is 1. The molecule has 0 bridgehead atoms. The molecular weight excluding hydrogens is 374 g/mol. The molecule has 1 aromatic heterocycles. The second-order valence-electron chi connectivity index (χ2n) is 4.28. The zero-order valence-electron chi connectivity index (χ0n) is 10.6. The maximum absolute atomic E-state index is 12.4. The number of anilines is 2. The van der Waals surface area contributed by atoms with Gasteiger partial charge in [-0.3, -0.25) is 4.72 Å². The van der Waals surface area contributed by atoms with Gasteiger partial charge >= 0.3 is 0 Å². The van der Waals surface area contributed by atoms with Gasteiger partial charge in [-0.2, -0.15) is 0 Å². The van der Waals surface area contributed by atoms with Crippen molar-refractivity contribution in [1.82, 2.24) is 4.98 Å². The van der Waals surface area contributed by atoms with Crippen LogP contribution in [0.5, 0.6) is 0 Å². The van der Waals surface area contributed by atoms with Crippen LogP contribution in [0.3, 0.4) is 0 Å². The molecule has 21 heavy (non-hydrogen) atoms. The Hall–Kier alpha value is -1.64. The van der Waals surface area contributed by atoms with E-state index in [0.717, 1.165) is 10.2 Å². The summed E-state index contributed by atoms with van der Waals surface area (Å²) in [6.45, 7) is 0. The molecule has 0 aliphatic heterocycles. The summed E-state index contributed by atoms with van der Waals surface area (Å²) in [5, 5.41) is 0.333. The summed E-state index contributed by atoms with van der Waals surface area (Å²) in [6, 6.07) is 12.0. The van der Waals surface area contributed by atoms with E-state index < -0.39 is 10.0 Å². The Bertz CT molecular complexity index is 889. The van der Waals surface area contributed by atoms with Crippen LogP contribution in [0.2, 0.25) is 0 Å². The summed E-state index contributed by atoms with van der Waals surface area (Å²) in [6.07, 6.45) is 0. The van der Waals surface area contributed by atoms with Crippen LogP contribution in [0.1, 0.15) is 0 Å². The van der Waals surface area contributed by atoms with Crippen molar-refractivity contribution in [3.05, 3.63) is 46.9 Å². The first-order valence-electron chi connectivity index (χ1n) is 5.89. The number of nitrogen functional groups attached to an aromatic ring is 1. The third-order valence-corrected chi connectivity index (χ3v) is 6.16. The van der Waals surface area contributed by atoms with Gasteiger partial charge in [-0.1, -0.05) is 23.5 Å². The lowest BCUT2D eigenvalue weighted by atomic mass is 10.3. The van der Waals surface area contributed by atoms with Gasteiger partial charge in [-0.25, -0.2) is 13.4 Å². The number of fused-ring (bicyclic) bond motifs is 1. The van der Waals surface area contributed by atoms with Gasteiger partial charge in [0.05, 0.1) is 10.2 Å². The predicted molar refractivity (Wildman–Crippen MR) is 89.0 cm³/mol. The Kier molecular flexibility index (Phi) is 3.60. The zero-order chi connectivity index (χ0) is 15.0. The Morgan fingerprint density at radius 3 is 2.67 bits per heavy atom. The zero-order valence-corrected chi connectivity index (χ0v) is 13.8. The monoisotopic (exact) mass is 383 g/mol. The molecule has 0 unspecified atom stereocenters. The fourth-order valence-corrected chi connectivity index (χ4v) is 5.02. The second-order valence-corrected chi connectivity index (χ2v) is 7.82. The number of rotatable bonds is 3. The smallest absolute Gasteiger partial charge is 0.264 e. The lowest BCUT2D eigenvalue weighted by molar-refractivity contribution is 0.601. The molecule has 0 atom stereocenters. The molecule has 3 aromatic rings. The second kappa shape index (κ2) is 5.28. The number of nitrogens with one attached hydrogen (secondary N) is 1. The number of hydrogen-bond donors (Lipinski definition) is 2. The van der Waals surface area contributed by atoms with E-state index in [-0.39, 0.29) is 4.90 Å². The van der Waals surface area contributed by atoms with Gasteiger partial charge in [0.1, 0.15) is 4.90 Å². The molecule has 8 heteroatoms. The number of para-hydroxylation sites is 1. The van der Waals surface area contributed by atoms with Gasteiger partial charge in [0.15, 0.2) is 5.13 Å². The van der Waals surface area contributed by atoms with Gasteiger partial charge in [0, 0.05) is 10.2 Å². The number of sulfonamides is 1. The Morgan fingerprint density at radius 2 is 1.95 bits per heavy atom. The lowest BCUT2D eigenvalue weighted by Crippen LogP contribution is -2.13. The topological polar surface area (TPSA) is 85.1 Å². The SMILES string of the molecule is Nc1ccc(S(=O)(=O)Nc2nc3ccccc3s2)c(Br)c1. The average molecular weight is 384 g/mol. The number of nitrogens with zero attached hydrogens (tertiary/aromatic N) is 1. The maximum Gasteiger partial charge on any atom is 0.264 e. The molecule has 108 valence electrons. The highest BCUT2D eigenvalue weighted by atomic mass is 79.9. The summed E-state index contributed by atoms with van der Waals surface area (Å²) >= 11 is 4.50. The largest absolute Gasteiger partial charge is 0.399 e. The third-order valence-electron chi connectivity index (χ3n) is 2.76. The molecule has 0 saturated heterocycles. The van der Waals surface area contributed by atoms with Gasteiger partial charge in [-0.05, 0) is 46.3 Å². The standard InChI is InChI=1S/C13H10BrN3O2S2/c14-9-7-8(15)5-6-12(9)21(18,19)17-13-16-10-3-1-2-4-11(10)20-13/h1-7H,15H2,(H,16,17). The highest BCUT2D eigenvalue weighted by Gasteiger charge is 2.19. The van der Waals surface area contributed by atoms with Gasteiger partial charge in [0.2, 0.25) is 0 Å². The normalized spacial score (nSPS) is 11.7. The van der Waals surface area contributed by atoms with E-state index in [4.69, 9.17) is 5.73 Å². The van der Waals surface area contributed by atoms with Gasteiger partial charge in [-0.15, -0.1) is 0 Å². The number of halogens is 1. The van der Waals surface area contributed by atoms with Gasteiger partial charge < -0.3 is 5.73 Å². The van der Waals surface area contributed by atoms with E-state index in [1.54, 1.807) is 6.07 Å². The van der Waals surface area contributed by atoms with Crippen LogP contribution < -0.4 is 10.5 Å². The summed E-state index contributed by atoms with van der Waals surface area (Å²) < 4.78 is 28.6. The van der Waals surface area contributed by atoms with E-state index in [9.17, 15) is 8.42 Å². The molecule has 0 aliphatic rings. The fourth-order valence-electron chi connectivity index (χ4n) is 1.82. The molecule has 0 radical (unpaired) electrons. The summed E-state index contributed by atoms with van der Waals surface area (Å²) in [7, 11) is -3.71. The van der Waals surface area contributed by atoms with Crippen molar-refractivity contribution in [2.24, 2.45) is 0 Å². The molecule has 1 heterocycles. The quantitative estimate of drug-likeness (QED) is 0.678. The van der Waals surface area contributed by atoms with Crippen LogP contribution in [0.4, 0.5) is 10.8 Å². The Labute approximate surface area is 134 Å². The van der Waals surface area contributed by atoms with Crippen molar-refractivity contribution >= 4 is 58.3 Å². The molecule has 0 fully saturated rings. The first kappa shape index (κ1) is 14.3. The minimum atomic E-state index is -3.71. The highest BCUT2D eigenvalue weighted by molar-refractivity contribution is 9.10. The van der Waals surface area contributed by atoms with Crippen LogP contribution in [0, 0.1) is 0 Å². The number of hydrogen-bond acceptors (Lipinski definition) is 5. The summed E-state index contributed by atoms with van der Waals surface area (Å²) in [5.74, 6) is 0. The fraction of sp³-hybridized carbons (Fsp3) is 0. The molecule has 0 spiro atoms. The number of benzene rings is 2. The Balaban J connectivity index is 1.99. The van der Waals surface area contributed by atoms with Crippen molar-refractivity contribution in [3.63, 3.8) is 0 Å². The first-order valence-corrected chi connectivity index (χ1v) is 8.98. The number of thiazole rings is 1. The van der Waals surface area contributed by atoms with Gasteiger partial charge in [0.25, 0.3) is 10.0 Å². The minimum absolute atomic E-state index is 0.121. The van der Waals surface area contributed by atoms with Crippen molar-refractivity contribution < 1.29 is 8.42 Å². The van der Waals surface area contributed by atoms with E-state index in [2.05, 4.69) is 25.6 Å². The van der Waals surface area contributed by atoms with Crippen molar-refractivity contribution in [2.75, 3.05) is 10.5 Å². The molecule has 0 aliphatic carbocycles. The van der Waals surface area contributed by atoms with Crippen LogP contribution >= 0.6 is 27.3 Å². The molecule has 5 nitrogen and oxygen atoms in total. The minimum Gasteiger partial charge on any atom is -0.399 e. The molecule has 0 amide bonds. The highest BCUT2D eigenvalue weighted by Crippen LogP contribution is 2.30. The van der Waals surface area contributed by atoms with Crippen molar-refractivity contribution in [2.45, 2.75) is 4.90 Å². The van der Waals surface area contributed by atoms with E-state index in [0.29, 0.717) is 15.3 Å². The van der Waals surface area contributed by atoms with E-state index in [1.165, 1.54) is 23.5 Å². The first-order chi connectivity index (χ1) is 9.95. The van der Waals surface area contributed by atoms with Crippen LogP contribution in [-0.2, 0) is 10.0 Å². The van der Waals surface area contributed by atoms with Crippen molar-refractivity contribution in [3.8, 4) is 0 Å². The summed E-state index contributed by atoms with van der Waals surface area (Å²) in [5.41, 5.74) is 6.87. The predicted octanol–water partition coefficient (Wildman–Crippen LogP) is 3.44. The van der Waals surface area contributed by atoms with Crippen LogP contribution in [0.25, 0.3) is 10.2 Å². The lowest BCUT2D eigenvalue weighted by Gasteiger charge is -2.07. The molecule has 3 N–H and O–H groups in total. The van der Waals surface area contributed by atoms with Crippen molar-refractivity contribution in [1.29, 1.82) is 0 Å². The maximum atomic E-state index is 12.4. The average Bonchev–Trinajstić information content (AvgIpc) is 2.79. The third kappa shape index (κ3) is 2.87. The summed E-state index contributed by atoms with van der Waals surface area (Å²) in [4.78, 5) is 4.38. The van der Waals surface area contributed by atoms with E-state index in [1.807, 2.05) is 24.3 Å². The molecular formula is C13H10BrN3O2S2. The Morgan fingerprint density at radius 1 is 1.19 bits per heavy atom. The molecule has 2 aromatic carbocycles. The molecule has 0 saturated carbocycles. The van der Waals surface area contributed by atoms with Crippen LogP contribution in [0.15, 0.2) is 51.8 Å². The number of aromatic nitrogens is 1. The van der Waals surface area contributed by atoms with E-state index >= 15 is 0 Å².